The van der Waals surface area contributed by atoms with Crippen LogP contribution in [0.1, 0.15) is 57.8 Å². The molecule has 0 aliphatic heterocycles. The summed E-state index contributed by atoms with van der Waals surface area (Å²) in [5.74, 6) is -0.369. The third kappa shape index (κ3) is 2.51. The van der Waals surface area contributed by atoms with E-state index in [1.54, 1.807) is 0 Å². The van der Waals surface area contributed by atoms with Gasteiger partial charge in [0, 0.05) is 0 Å². The first-order chi connectivity index (χ1) is 7.21. The van der Waals surface area contributed by atoms with Gasteiger partial charge in [0.15, 0.2) is 5.60 Å². The molecule has 0 saturated heterocycles. The van der Waals surface area contributed by atoms with E-state index in [4.69, 9.17) is 4.74 Å². The van der Waals surface area contributed by atoms with Crippen LogP contribution in [0.25, 0.3) is 0 Å². The standard InChI is InChI=1S/C12H20O3/c13-11(12(14)8-4-5-9-12)15-10-6-2-1-3-7-10/h10,14H,1-9H2. The van der Waals surface area contributed by atoms with E-state index in [2.05, 4.69) is 0 Å². The summed E-state index contributed by atoms with van der Waals surface area (Å²) in [7, 11) is 0. The number of esters is 1. The number of ether oxygens (including phenoxy) is 1. The number of rotatable bonds is 2. The maximum absolute atomic E-state index is 11.8. The molecular formula is C12H20O3. The Labute approximate surface area is 90.8 Å². The molecule has 0 atom stereocenters. The molecule has 0 unspecified atom stereocenters. The summed E-state index contributed by atoms with van der Waals surface area (Å²) in [6.45, 7) is 0. The minimum atomic E-state index is -1.16. The third-order valence-electron chi connectivity index (χ3n) is 3.64. The second-order valence-electron chi connectivity index (χ2n) is 4.90. The van der Waals surface area contributed by atoms with Crippen molar-refractivity contribution < 1.29 is 14.6 Å². The predicted octanol–water partition coefficient (Wildman–Crippen LogP) is 2.17. The van der Waals surface area contributed by atoms with Crippen LogP contribution in [0, 0.1) is 0 Å². The van der Waals surface area contributed by atoms with Gasteiger partial charge in [0.05, 0.1) is 0 Å². The molecule has 3 heteroatoms. The van der Waals surface area contributed by atoms with E-state index in [1.165, 1.54) is 6.42 Å². The summed E-state index contributed by atoms with van der Waals surface area (Å²) >= 11 is 0. The summed E-state index contributed by atoms with van der Waals surface area (Å²) < 4.78 is 5.39. The van der Waals surface area contributed by atoms with Gasteiger partial charge in [0.25, 0.3) is 0 Å². The number of carbonyl (C=O) groups is 1. The van der Waals surface area contributed by atoms with Gasteiger partial charge in [0.1, 0.15) is 6.10 Å². The average molecular weight is 212 g/mol. The molecule has 2 saturated carbocycles. The van der Waals surface area contributed by atoms with Gasteiger partial charge in [-0.15, -0.1) is 0 Å². The molecule has 0 amide bonds. The van der Waals surface area contributed by atoms with Crippen molar-refractivity contribution in [3.63, 3.8) is 0 Å². The summed E-state index contributed by atoms with van der Waals surface area (Å²) in [6.07, 6.45) is 8.61. The highest BCUT2D eigenvalue weighted by Crippen LogP contribution is 2.32. The fourth-order valence-corrected chi connectivity index (χ4v) is 2.61. The molecule has 2 rings (SSSR count). The van der Waals surface area contributed by atoms with Crippen molar-refractivity contribution in [1.82, 2.24) is 0 Å². The van der Waals surface area contributed by atoms with Crippen molar-refractivity contribution in [3.05, 3.63) is 0 Å². The Morgan fingerprint density at radius 1 is 1.07 bits per heavy atom. The first kappa shape index (κ1) is 10.9. The topological polar surface area (TPSA) is 46.5 Å². The van der Waals surface area contributed by atoms with Crippen LogP contribution >= 0.6 is 0 Å². The molecule has 0 aromatic carbocycles. The highest BCUT2D eigenvalue weighted by atomic mass is 16.6. The Hall–Kier alpha value is -0.570. The van der Waals surface area contributed by atoms with E-state index >= 15 is 0 Å². The highest BCUT2D eigenvalue weighted by molar-refractivity contribution is 5.79. The lowest BCUT2D eigenvalue weighted by molar-refractivity contribution is -0.171. The first-order valence-electron chi connectivity index (χ1n) is 6.14. The Kier molecular flexibility index (Phi) is 3.29. The molecule has 2 aliphatic carbocycles. The van der Waals surface area contributed by atoms with Crippen LogP contribution in [0.5, 0.6) is 0 Å². The second-order valence-corrected chi connectivity index (χ2v) is 4.90. The van der Waals surface area contributed by atoms with Gasteiger partial charge in [-0.3, -0.25) is 0 Å². The minimum Gasteiger partial charge on any atom is -0.460 e. The molecule has 0 heterocycles. The molecule has 2 aliphatic rings. The van der Waals surface area contributed by atoms with E-state index < -0.39 is 5.60 Å². The van der Waals surface area contributed by atoms with Crippen LogP contribution < -0.4 is 0 Å². The van der Waals surface area contributed by atoms with E-state index in [9.17, 15) is 9.90 Å². The molecule has 1 N–H and O–H groups in total. The van der Waals surface area contributed by atoms with Gasteiger partial charge in [-0.2, -0.15) is 0 Å². The van der Waals surface area contributed by atoms with Crippen molar-refractivity contribution >= 4 is 5.97 Å². The number of hydrogen-bond acceptors (Lipinski definition) is 3. The molecule has 2 fully saturated rings. The smallest absolute Gasteiger partial charge is 0.338 e. The normalized spacial score (nSPS) is 26.5. The Morgan fingerprint density at radius 2 is 1.67 bits per heavy atom. The zero-order chi connectivity index (χ0) is 10.7. The summed E-state index contributed by atoms with van der Waals surface area (Å²) in [5.41, 5.74) is -1.16. The van der Waals surface area contributed by atoms with Crippen LogP contribution in [-0.2, 0) is 9.53 Å². The van der Waals surface area contributed by atoms with Crippen LogP contribution in [-0.4, -0.2) is 22.8 Å². The minimum absolute atomic E-state index is 0.0656. The van der Waals surface area contributed by atoms with Gasteiger partial charge in [-0.05, 0) is 51.4 Å². The predicted molar refractivity (Wildman–Crippen MR) is 56.4 cm³/mol. The molecular weight excluding hydrogens is 192 g/mol. The average Bonchev–Trinajstić information content (AvgIpc) is 2.68. The lowest BCUT2D eigenvalue weighted by atomic mass is 9.97. The molecule has 0 aromatic heterocycles. The monoisotopic (exact) mass is 212 g/mol. The van der Waals surface area contributed by atoms with Gasteiger partial charge >= 0.3 is 5.97 Å². The molecule has 3 nitrogen and oxygen atoms in total. The Balaban J connectivity index is 1.85. The fourth-order valence-electron chi connectivity index (χ4n) is 2.61. The third-order valence-corrected chi connectivity index (χ3v) is 3.64. The van der Waals surface area contributed by atoms with Crippen LogP contribution in [0.15, 0.2) is 0 Å². The largest absolute Gasteiger partial charge is 0.460 e. The van der Waals surface area contributed by atoms with Crippen molar-refractivity contribution in [2.75, 3.05) is 0 Å². The van der Waals surface area contributed by atoms with Gasteiger partial charge < -0.3 is 9.84 Å². The zero-order valence-electron chi connectivity index (χ0n) is 9.21. The second kappa shape index (κ2) is 4.52. The first-order valence-corrected chi connectivity index (χ1v) is 6.14. The highest BCUT2D eigenvalue weighted by Gasteiger charge is 2.41. The van der Waals surface area contributed by atoms with Crippen molar-refractivity contribution in [2.45, 2.75) is 69.5 Å². The van der Waals surface area contributed by atoms with E-state index in [1.807, 2.05) is 0 Å². The summed E-state index contributed by atoms with van der Waals surface area (Å²) in [6, 6.07) is 0. The molecule has 0 spiro atoms. The fraction of sp³-hybridized carbons (Fsp3) is 0.917. The SMILES string of the molecule is O=C(OC1CCCCC1)C1(O)CCCC1. The van der Waals surface area contributed by atoms with Crippen LogP contribution in [0.2, 0.25) is 0 Å². The maximum atomic E-state index is 11.8. The number of aliphatic hydroxyl groups is 1. The Morgan fingerprint density at radius 3 is 2.27 bits per heavy atom. The molecule has 0 bridgehead atoms. The summed E-state index contributed by atoms with van der Waals surface area (Å²) in [4.78, 5) is 11.8. The van der Waals surface area contributed by atoms with Crippen LogP contribution in [0.4, 0.5) is 0 Å². The lowest BCUT2D eigenvalue weighted by Crippen LogP contribution is -2.39. The van der Waals surface area contributed by atoms with E-state index in [-0.39, 0.29) is 12.1 Å². The molecule has 86 valence electrons. The zero-order valence-corrected chi connectivity index (χ0v) is 9.21. The number of carbonyl (C=O) groups excluding carboxylic acids is 1. The van der Waals surface area contributed by atoms with Crippen molar-refractivity contribution in [3.8, 4) is 0 Å². The van der Waals surface area contributed by atoms with E-state index in [0.29, 0.717) is 12.8 Å². The molecule has 0 aromatic rings. The van der Waals surface area contributed by atoms with Crippen molar-refractivity contribution in [2.24, 2.45) is 0 Å². The van der Waals surface area contributed by atoms with E-state index in [0.717, 1.165) is 38.5 Å². The van der Waals surface area contributed by atoms with Crippen LogP contribution in [0.3, 0.4) is 0 Å². The lowest BCUT2D eigenvalue weighted by Gasteiger charge is -2.26. The summed E-state index contributed by atoms with van der Waals surface area (Å²) in [5, 5.41) is 10.0. The van der Waals surface area contributed by atoms with Crippen molar-refractivity contribution in [1.29, 1.82) is 0 Å². The number of hydrogen-bond donors (Lipinski definition) is 1. The maximum Gasteiger partial charge on any atom is 0.338 e. The van der Waals surface area contributed by atoms with Gasteiger partial charge in [0.2, 0.25) is 0 Å². The Bertz CT molecular complexity index is 225. The quantitative estimate of drug-likeness (QED) is 0.713. The molecule has 15 heavy (non-hydrogen) atoms. The van der Waals surface area contributed by atoms with Gasteiger partial charge in [-0.25, -0.2) is 4.79 Å². The van der Waals surface area contributed by atoms with Gasteiger partial charge in [-0.1, -0.05) is 6.42 Å². The molecule has 0 radical (unpaired) electrons.